The Morgan fingerprint density at radius 1 is 1.16 bits per heavy atom. The Labute approximate surface area is 112 Å². The van der Waals surface area contributed by atoms with E-state index in [1.807, 2.05) is 12.1 Å². The van der Waals surface area contributed by atoms with Gasteiger partial charge in [-0.3, -0.25) is 4.98 Å². The summed E-state index contributed by atoms with van der Waals surface area (Å²) in [4.78, 5) is 3.96. The van der Waals surface area contributed by atoms with Gasteiger partial charge in [0.15, 0.2) is 0 Å². The SMILES string of the molecule is COc1cc(C#N)cc(OCCc2ccncc2)c1. The summed E-state index contributed by atoms with van der Waals surface area (Å²) in [5.74, 6) is 1.27. The van der Waals surface area contributed by atoms with Gasteiger partial charge in [-0.15, -0.1) is 0 Å². The van der Waals surface area contributed by atoms with Crippen molar-refractivity contribution in [2.24, 2.45) is 0 Å². The molecule has 1 aromatic heterocycles. The molecule has 1 heterocycles. The average Bonchev–Trinajstić information content (AvgIpc) is 2.48. The summed E-state index contributed by atoms with van der Waals surface area (Å²) in [6, 6.07) is 11.1. The fraction of sp³-hybridized carbons (Fsp3) is 0.200. The maximum absolute atomic E-state index is 8.92. The van der Waals surface area contributed by atoms with Gasteiger partial charge in [0.2, 0.25) is 0 Å². The Morgan fingerprint density at radius 2 is 1.89 bits per heavy atom. The van der Waals surface area contributed by atoms with Crippen LogP contribution in [0.5, 0.6) is 11.5 Å². The summed E-state index contributed by atoms with van der Waals surface area (Å²) in [6.07, 6.45) is 4.31. The summed E-state index contributed by atoms with van der Waals surface area (Å²) < 4.78 is 10.8. The maximum atomic E-state index is 8.92. The minimum absolute atomic E-state index is 0.526. The molecular weight excluding hydrogens is 240 g/mol. The van der Waals surface area contributed by atoms with E-state index < -0.39 is 0 Å². The fourth-order valence-corrected chi connectivity index (χ4v) is 1.67. The predicted molar refractivity (Wildman–Crippen MR) is 71.1 cm³/mol. The molecule has 0 spiro atoms. The van der Waals surface area contributed by atoms with Gasteiger partial charge in [-0.25, -0.2) is 0 Å². The highest BCUT2D eigenvalue weighted by Gasteiger charge is 2.02. The van der Waals surface area contributed by atoms with E-state index in [-0.39, 0.29) is 0 Å². The summed E-state index contributed by atoms with van der Waals surface area (Å²) in [5.41, 5.74) is 1.69. The molecule has 0 saturated heterocycles. The van der Waals surface area contributed by atoms with Crippen molar-refractivity contribution >= 4 is 0 Å². The van der Waals surface area contributed by atoms with Crippen molar-refractivity contribution in [3.8, 4) is 17.6 Å². The van der Waals surface area contributed by atoms with Crippen LogP contribution in [0.15, 0.2) is 42.7 Å². The Kier molecular flexibility index (Phi) is 4.35. The van der Waals surface area contributed by atoms with Crippen molar-refractivity contribution < 1.29 is 9.47 Å². The highest BCUT2D eigenvalue weighted by atomic mass is 16.5. The molecule has 0 radical (unpaired) electrons. The first-order valence-corrected chi connectivity index (χ1v) is 5.92. The van der Waals surface area contributed by atoms with E-state index in [9.17, 15) is 0 Å². The highest BCUT2D eigenvalue weighted by molar-refractivity contribution is 5.43. The zero-order chi connectivity index (χ0) is 13.5. The van der Waals surface area contributed by atoms with E-state index in [2.05, 4.69) is 11.1 Å². The van der Waals surface area contributed by atoms with Gasteiger partial charge in [-0.1, -0.05) is 0 Å². The number of nitriles is 1. The molecule has 0 unspecified atom stereocenters. The number of pyridine rings is 1. The van der Waals surface area contributed by atoms with Gasteiger partial charge in [-0.05, 0) is 29.8 Å². The van der Waals surface area contributed by atoms with Crippen molar-refractivity contribution in [2.75, 3.05) is 13.7 Å². The van der Waals surface area contributed by atoms with Crippen molar-refractivity contribution in [2.45, 2.75) is 6.42 Å². The number of ether oxygens (including phenoxy) is 2. The molecule has 0 amide bonds. The van der Waals surface area contributed by atoms with Crippen LogP contribution in [0.2, 0.25) is 0 Å². The standard InChI is InChI=1S/C15H14N2O2/c1-18-14-8-13(11-16)9-15(10-14)19-7-4-12-2-5-17-6-3-12/h2-3,5-6,8-10H,4,7H2,1H3. The molecule has 2 rings (SSSR count). The van der Waals surface area contributed by atoms with Gasteiger partial charge in [-0.2, -0.15) is 5.26 Å². The summed E-state index contributed by atoms with van der Waals surface area (Å²) >= 11 is 0. The van der Waals surface area contributed by atoms with Crippen molar-refractivity contribution in [1.29, 1.82) is 5.26 Å². The molecule has 4 nitrogen and oxygen atoms in total. The second kappa shape index (κ2) is 6.41. The Hall–Kier alpha value is -2.54. The second-order valence-electron chi connectivity index (χ2n) is 3.96. The number of methoxy groups -OCH3 is 1. The molecule has 0 fully saturated rings. The Morgan fingerprint density at radius 3 is 2.58 bits per heavy atom. The van der Waals surface area contributed by atoms with Crippen LogP contribution in [-0.4, -0.2) is 18.7 Å². The third-order valence-corrected chi connectivity index (χ3v) is 2.65. The third-order valence-electron chi connectivity index (χ3n) is 2.65. The number of hydrogen-bond donors (Lipinski definition) is 0. The molecule has 0 aliphatic rings. The lowest BCUT2D eigenvalue weighted by Crippen LogP contribution is -2.02. The summed E-state index contributed by atoms with van der Waals surface area (Å²) in [6.45, 7) is 0.544. The minimum atomic E-state index is 0.526. The van der Waals surface area contributed by atoms with Crippen molar-refractivity contribution in [3.63, 3.8) is 0 Å². The fourth-order valence-electron chi connectivity index (χ4n) is 1.67. The molecule has 1 aromatic carbocycles. The number of hydrogen-bond acceptors (Lipinski definition) is 4. The lowest BCUT2D eigenvalue weighted by atomic mass is 10.2. The van der Waals surface area contributed by atoms with Crippen molar-refractivity contribution in [1.82, 2.24) is 4.98 Å². The van der Waals surface area contributed by atoms with Crippen LogP contribution in [0.3, 0.4) is 0 Å². The molecule has 0 atom stereocenters. The monoisotopic (exact) mass is 254 g/mol. The van der Waals surface area contributed by atoms with Crippen molar-refractivity contribution in [3.05, 3.63) is 53.9 Å². The third kappa shape index (κ3) is 3.71. The molecule has 0 aliphatic heterocycles. The summed E-state index contributed by atoms with van der Waals surface area (Å²) in [7, 11) is 1.57. The van der Waals surface area contributed by atoms with Gasteiger partial charge in [0.1, 0.15) is 11.5 Å². The number of rotatable bonds is 5. The van der Waals surface area contributed by atoms with Crippen LogP contribution < -0.4 is 9.47 Å². The molecule has 0 N–H and O–H groups in total. The van der Waals surface area contributed by atoms with Gasteiger partial charge < -0.3 is 9.47 Å². The first kappa shape index (κ1) is 12.9. The lowest BCUT2D eigenvalue weighted by Gasteiger charge is -2.08. The zero-order valence-corrected chi connectivity index (χ0v) is 10.7. The average molecular weight is 254 g/mol. The Balaban J connectivity index is 1.98. The van der Waals surface area contributed by atoms with Gasteiger partial charge in [0, 0.05) is 24.9 Å². The maximum Gasteiger partial charge on any atom is 0.124 e. The van der Waals surface area contributed by atoms with Crippen LogP contribution in [-0.2, 0) is 6.42 Å². The number of aromatic nitrogens is 1. The van der Waals surface area contributed by atoms with Crippen LogP contribution in [0, 0.1) is 11.3 Å². The molecular formula is C15H14N2O2. The second-order valence-corrected chi connectivity index (χ2v) is 3.96. The first-order chi connectivity index (χ1) is 9.31. The lowest BCUT2D eigenvalue weighted by molar-refractivity contribution is 0.319. The predicted octanol–water partition coefficient (Wildman–Crippen LogP) is 2.58. The van der Waals surface area contributed by atoms with E-state index >= 15 is 0 Å². The first-order valence-electron chi connectivity index (χ1n) is 5.92. The molecule has 0 aliphatic carbocycles. The minimum Gasteiger partial charge on any atom is -0.497 e. The molecule has 0 bridgehead atoms. The van der Waals surface area contributed by atoms with Gasteiger partial charge in [0.25, 0.3) is 0 Å². The quantitative estimate of drug-likeness (QED) is 0.823. The molecule has 96 valence electrons. The van der Waals surface area contributed by atoms with Gasteiger partial charge in [0.05, 0.1) is 25.3 Å². The van der Waals surface area contributed by atoms with Crippen LogP contribution in [0.1, 0.15) is 11.1 Å². The largest absolute Gasteiger partial charge is 0.497 e. The molecule has 4 heteroatoms. The zero-order valence-electron chi connectivity index (χ0n) is 10.7. The smallest absolute Gasteiger partial charge is 0.124 e. The van der Waals surface area contributed by atoms with E-state index in [0.29, 0.717) is 23.7 Å². The number of benzene rings is 1. The number of nitrogens with zero attached hydrogens (tertiary/aromatic N) is 2. The molecule has 19 heavy (non-hydrogen) atoms. The molecule has 2 aromatic rings. The van der Waals surface area contributed by atoms with Gasteiger partial charge >= 0.3 is 0 Å². The van der Waals surface area contributed by atoms with Crippen LogP contribution >= 0.6 is 0 Å². The molecule has 0 saturated carbocycles. The van der Waals surface area contributed by atoms with Crippen LogP contribution in [0.4, 0.5) is 0 Å². The Bertz CT molecular complexity index is 576. The topological polar surface area (TPSA) is 55.1 Å². The summed E-state index contributed by atoms with van der Waals surface area (Å²) in [5, 5.41) is 8.92. The van der Waals surface area contributed by atoms with E-state index in [4.69, 9.17) is 14.7 Å². The normalized spacial score (nSPS) is 9.68. The van der Waals surface area contributed by atoms with Crippen LogP contribution in [0.25, 0.3) is 0 Å². The van der Waals surface area contributed by atoms with E-state index in [1.54, 1.807) is 37.7 Å². The van der Waals surface area contributed by atoms with E-state index in [0.717, 1.165) is 6.42 Å². The highest BCUT2D eigenvalue weighted by Crippen LogP contribution is 2.22. The van der Waals surface area contributed by atoms with E-state index in [1.165, 1.54) is 5.56 Å².